The summed E-state index contributed by atoms with van der Waals surface area (Å²) in [7, 11) is 2.11. The molecular formula is C25H32ClNO. The van der Waals surface area contributed by atoms with Crippen LogP contribution in [0.1, 0.15) is 37.5 Å². The van der Waals surface area contributed by atoms with Gasteiger partial charge in [-0.2, -0.15) is 0 Å². The maximum absolute atomic E-state index is 5.99. The average molecular weight is 398 g/mol. The summed E-state index contributed by atoms with van der Waals surface area (Å²) in [5, 5.41) is 0. The van der Waals surface area contributed by atoms with Gasteiger partial charge in [-0.25, -0.2) is 0 Å². The van der Waals surface area contributed by atoms with E-state index in [-0.39, 0.29) is 17.8 Å². The van der Waals surface area contributed by atoms with Gasteiger partial charge in [0, 0.05) is 18.5 Å². The number of halogens is 1. The molecule has 0 saturated heterocycles. The molecular weight excluding hydrogens is 366 g/mol. The van der Waals surface area contributed by atoms with Crippen molar-refractivity contribution in [2.24, 2.45) is 5.41 Å². The molecule has 0 spiro atoms. The van der Waals surface area contributed by atoms with Gasteiger partial charge in [0.1, 0.15) is 12.4 Å². The number of likely N-dealkylation sites (N-methyl/N-ethyl adjacent to an activating group) is 1. The molecule has 28 heavy (non-hydrogen) atoms. The molecule has 0 heterocycles. The fourth-order valence-corrected chi connectivity index (χ4v) is 2.59. The van der Waals surface area contributed by atoms with Crippen LogP contribution >= 0.6 is 12.4 Å². The summed E-state index contributed by atoms with van der Waals surface area (Å²) >= 11 is 0. The van der Waals surface area contributed by atoms with Crippen molar-refractivity contribution < 1.29 is 4.74 Å². The van der Waals surface area contributed by atoms with Crippen molar-refractivity contribution in [1.29, 1.82) is 0 Å². The molecule has 0 amide bonds. The fraction of sp³-hybridized carbons (Fsp3) is 0.360. The largest absolute Gasteiger partial charge is 0.489 e. The molecule has 0 unspecified atom stereocenters. The Hall–Kier alpha value is -2.21. The number of ether oxygens (including phenoxy) is 1. The maximum atomic E-state index is 5.99. The number of aryl methyl sites for hydroxylation is 1. The lowest BCUT2D eigenvalue weighted by molar-refractivity contribution is 0.304. The first-order valence-corrected chi connectivity index (χ1v) is 9.46. The van der Waals surface area contributed by atoms with E-state index < -0.39 is 0 Å². The number of rotatable bonds is 7. The number of hydrogen-bond acceptors (Lipinski definition) is 2. The van der Waals surface area contributed by atoms with Gasteiger partial charge in [0.25, 0.3) is 0 Å². The zero-order valence-electron chi connectivity index (χ0n) is 17.7. The lowest BCUT2D eigenvalue weighted by Gasteiger charge is -2.15. The second kappa shape index (κ2) is 11.6. The number of benzene rings is 2. The van der Waals surface area contributed by atoms with E-state index >= 15 is 0 Å². The quantitative estimate of drug-likeness (QED) is 0.528. The normalized spacial score (nSPS) is 11.1. The van der Waals surface area contributed by atoms with E-state index in [1.807, 2.05) is 12.1 Å². The summed E-state index contributed by atoms with van der Waals surface area (Å²) in [6.07, 6.45) is 4.06. The predicted molar refractivity (Wildman–Crippen MR) is 122 cm³/mol. The molecule has 0 aliphatic rings. The first-order valence-electron chi connectivity index (χ1n) is 9.46. The van der Waals surface area contributed by atoms with Crippen LogP contribution in [0.3, 0.4) is 0 Å². The van der Waals surface area contributed by atoms with Crippen molar-refractivity contribution in [3.8, 4) is 17.6 Å². The first-order chi connectivity index (χ1) is 12.8. The SMILES string of the molecule is Cc1ccccc1COc1cccc(CN(C)CC=CC#CC(C)(C)C)c1.Cl. The number of nitrogens with zero attached hydrogens (tertiary/aromatic N) is 1. The molecule has 0 aliphatic carbocycles. The Morgan fingerprint density at radius 2 is 1.82 bits per heavy atom. The predicted octanol–water partition coefficient (Wildman–Crippen LogP) is 6.03. The van der Waals surface area contributed by atoms with Crippen molar-refractivity contribution in [2.45, 2.75) is 40.8 Å². The van der Waals surface area contributed by atoms with Crippen molar-refractivity contribution in [2.75, 3.05) is 13.6 Å². The van der Waals surface area contributed by atoms with Gasteiger partial charge >= 0.3 is 0 Å². The van der Waals surface area contributed by atoms with Gasteiger partial charge in [-0.15, -0.1) is 12.4 Å². The van der Waals surface area contributed by atoms with Crippen LogP contribution in [0, 0.1) is 24.2 Å². The van der Waals surface area contributed by atoms with Crippen LogP contribution in [0.5, 0.6) is 5.75 Å². The molecule has 0 saturated carbocycles. The second-order valence-electron chi connectivity index (χ2n) is 7.98. The second-order valence-corrected chi connectivity index (χ2v) is 7.98. The highest BCUT2D eigenvalue weighted by Crippen LogP contribution is 2.17. The lowest BCUT2D eigenvalue weighted by atomic mass is 9.98. The average Bonchev–Trinajstić information content (AvgIpc) is 2.60. The van der Waals surface area contributed by atoms with Crippen LogP contribution in [-0.4, -0.2) is 18.5 Å². The molecule has 0 radical (unpaired) electrons. The van der Waals surface area contributed by atoms with Gasteiger partial charge in [-0.1, -0.05) is 54.3 Å². The van der Waals surface area contributed by atoms with E-state index in [0.717, 1.165) is 18.8 Å². The Bertz CT molecular complexity index is 824. The summed E-state index contributed by atoms with van der Waals surface area (Å²) < 4.78 is 5.99. The fourth-order valence-electron chi connectivity index (χ4n) is 2.59. The molecule has 2 nitrogen and oxygen atoms in total. The Morgan fingerprint density at radius 3 is 2.54 bits per heavy atom. The molecule has 0 N–H and O–H groups in total. The van der Waals surface area contributed by atoms with Gasteiger partial charge in [0.2, 0.25) is 0 Å². The molecule has 0 atom stereocenters. The zero-order valence-corrected chi connectivity index (χ0v) is 18.5. The third-order valence-corrected chi connectivity index (χ3v) is 4.07. The van der Waals surface area contributed by atoms with Crippen molar-refractivity contribution >= 4 is 12.4 Å². The van der Waals surface area contributed by atoms with E-state index in [4.69, 9.17) is 4.74 Å². The third-order valence-electron chi connectivity index (χ3n) is 4.07. The zero-order chi connectivity index (χ0) is 19.7. The molecule has 150 valence electrons. The molecule has 0 bridgehead atoms. The first kappa shape index (κ1) is 23.8. The van der Waals surface area contributed by atoms with E-state index in [1.54, 1.807) is 0 Å². The molecule has 2 aromatic carbocycles. The summed E-state index contributed by atoms with van der Waals surface area (Å²) in [4.78, 5) is 2.26. The van der Waals surface area contributed by atoms with Crippen LogP contribution in [0.25, 0.3) is 0 Å². The van der Waals surface area contributed by atoms with Crippen LogP contribution in [0.15, 0.2) is 60.7 Å². The van der Waals surface area contributed by atoms with Crippen molar-refractivity contribution in [3.63, 3.8) is 0 Å². The van der Waals surface area contributed by atoms with Crippen LogP contribution < -0.4 is 4.74 Å². The van der Waals surface area contributed by atoms with Crippen molar-refractivity contribution in [3.05, 3.63) is 77.4 Å². The third kappa shape index (κ3) is 9.13. The highest BCUT2D eigenvalue weighted by atomic mass is 35.5. The molecule has 2 rings (SSSR count). The molecule has 0 aromatic heterocycles. The monoisotopic (exact) mass is 397 g/mol. The standard InChI is InChI=1S/C25H31NO.ClH/c1-21-12-7-8-14-23(21)20-27-24-15-11-13-22(18-24)19-26(5)17-10-6-9-16-25(2,3)4;/h6-8,10-15,18H,17,19-20H2,1-5H3;1H. The van der Waals surface area contributed by atoms with Gasteiger partial charge in [0.05, 0.1) is 0 Å². The molecule has 3 heteroatoms. The van der Waals surface area contributed by atoms with Gasteiger partial charge in [0.15, 0.2) is 0 Å². The summed E-state index contributed by atoms with van der Waals surface area (Å²) in [6.45, 7) is 10.8. The summed E-state index contributed by atoms with van der Waals surface area (Å²) in [5.74, 6) is 7.24. The Labute approximate surface area is 177 Å². The van der Waals surface area contributed by atoms with Gasteiger partial charge in [-0.3, -0.25) is 4.90 Å². The Kier molecular flexibility index (Phi) is 9.87. The van der Waals surface area contributed by atoms with E-state index in [2.05, 4.69) is 100 Å². The summed E-state index contributed by atoms with van der Waals surface area (Å²) in [5.41, 5.74) is 3.78. The van der Waals surface area contributed by atoms with Gasteiger partial charge in [-0.05, 0) is 69.6 Å². The highest BCUT2D eigenvalue weighted by Gasteiger charge is 2.03. The smallest absolute Gasteiger partial charge is 0.120 e. The minimum Gasteiger partial charge on any atom is -0.489 e. The summed E-state index contributed by atoms with van der Waals surface area (Å²) in [6, 6.07) is 16.7. The molecule has 2 aromatic rings. The minimum absolute atomic E-state index is 0. The number of allylic oxidation sites excluding steroid dienone is 1. The van der Waals surface area contributed by atoms with E-state index in [0.29, 0.717) is 6.61 Å². The Balaban J connectivity index is 0.00000392. The van der Waals surface area contributed by atoms with Gasteiger partial charge < -0.3 is 4.74 Å². The van der Waals surface area contributed by atoms with Crippen LogP contribution in [0.2, 0.25) is 0 Å². The molecule has 0 aliphatic heterocycles. The molecule has 0 fully saturated rings. The van der Waals surface area contributed by atoms with Crippen LogP contribution in [0.4, 0.5) is 0 Å². The topological polar surface area (TPSA) is 12.5 Å². The van der Waals surface area contributed by atoms with E-state index in [9.17, 15) is 0 Å². The lowest BCUT2D eigenvalue weighted by Crippen LogP contribution is -2.17. The van der Waals surface area contributed by atoms with Crippen LogP contribution in [-0.2, 0) is 13.2 Å². The minimum atomic E-state index is 0. The number of hydrogen-bond donors (Lipinski definition) is 0. The highest BCUT2D eigenvalue weighted by molar-refractivity contribution is 5.85. The maximum Gasteiger partial charge on any atom is 0.120 e. The van der Waals surface area contributed by atoms with Crippen molar-refractivity contribution in [1.82, 2.24) is 4.90 Å². The van der Waals surface area contributed by atoms with E-state index in [1.165, 1.54) is 16.7 Å². The Morgan fingerprint density at radius 1 is 1.07 bits per heavy atom.